The van der Waals surface area contributed by atoms with Crippen molar-refractivity contribution < 1.29 is 0 Å². The summed E-state index contributed by atoms with van der Waals surface area (Å²) in [6.45, 7) is 0.585. The number of nitrogens with two attached hydrogens (primary N) is 1. The van der Waals surface area contributed by atoms with Crippen LogP contribution in [0.4, 0.5) is 0 Å². The lowest BCUT2D eigenvalue weighted by atomic mass is 9.81. The minimum absolute atomic E-state index is 0.585. The van der Waals surface area contributed by atoms with E-state index < -0.39 is 0 Å². The smallest absolute Gasteiger partial charge is 0.0522 e. The fraction of sp³-hybridized carbons (Fsp3) is 0.667. The van der Waals surface area contributed by atoms with Crippen LogP contribution >= 0.6 is 0 Å². The van der Waals surface area contributed by atoms with Crippen LogP contribution in [0.15, 0.2) is 6.20 Å². The number of H-pyrrole nitrogens is 1. The maximum Gasteiger partial charge on any atom is 0.0522 e. The molecule has 0 amide bonds. The molecule has 2 rings (SSSR count). The first-order valence-corrected chi connectivity index (χ1v) is 4.61. The number of hydrogen-bond donors (Lipinski definition) is 2. The Bertz CT molecular complexity index is 250. The first-order chi connectivity index (χ1) is 5.90. The van der Waals surface area contributed by atoms with E-state index in [9.17, 15) is 0 Å². The number of nitrogens with zero attached hydrogens (tertiary/aromatic N) is 1. The van der Waals surface area contributed by atoms with Crippen molar-refractivity contribution in [2.45, 2.75) is 32.2 Å². The van der Waals surface area contributed by atoms with Gasteiger partial charge in [-0.1, -0.05) is 19.3 Å². The molecule has 0 radical (unpaired) electrons. The zero-order valence-corrected chi connectivity index (χ0v) is 7.21. The molecule has 1 aliphatic carbocycles. The van der Waals surface area contributed by atoms with Crippen LogP contribution < -0.4 is 5.73 Å². The number of aromatic amines is 1. The Morgan fingerprint density at radius 1 is 1.58 bits per heavy atom. The molecule has 0 bridgehead atoms. The van der Waals surface area contributed by atoms with E-state index in [1.165, 1.54) is 31.2 Å². The summed E-state index contributed by atoms with van der Waals surface area (Å²) in [5.41, 5.74) is 7.99. The third-order valence-corrected chi connectivity index (χ3v) is 2.74. The van der Waals surface area contributed by atoms with Gasteiger partial charge in [-0.3, -0.25) is 5.10 Å². The lowest BCUT2D eigenvalue weighted by Gasteiger charge is -2.24. The van der Waals surface area contributed by atoms with Crippen molar-refractivity contribution in [2.75, 3.05) is 0 Å². The third-order valence-electron chi connectivity index (χ3n) is 2.74. The second kappa shape index (κ2) is 3.27. The molecule has 0 spiro atoms. The van der Waals surface area contributed by atoms with Gasteiger partial charge in [0, 0.05) is 6.54 Å². The fourth-order valence-corrected chi connectivity index (χ4v) is 1.70. The molecule has 1 aliphatic rings. The Labute approximate surface area is 72.4 Å². The van der Waals surface area contributed by atoms with Gasteiger partial charge in [-0.2, -0.15) is 5.10 Å². The van der Waals surface area contributed by atoms with Crippen LogP contribution in [0.1, 0.15) is 30.5 Å². The van der Waals surface area contributed by atoms with Gasteiger partial charge in [0.15, 0.2) is 0 Å². The Balaban J connectivity index is 2.00. The zero-order valence-electron chi connectivity index (χ0n) is 7.21. The molecule has 1 saturated carbocycles. The summed E-state index contributed by atoms with van der Waals surface area (Å²) in [6, 6.07) is 0. The Hall–Kier alpha value is -0.830. The van der Waals surface area contributed by atoms with Gasteiger partial charge >= 0.3 is 0 Å². The van der Waals surface area contributed by atoms with Crippen LogP contribution in [0.25, 0.3) is 0 Å². The summed E-state index contributed by atoms with van der Waals surface area (Å²) in [4.78, 5) is 0. The van der Waals surface area contributed by atoms with E-state index in [1.807, 2.05) is 6.20 Å². The molecule has 1 fully saturated rings. The largest absolute Gasteiger partial charge is 0.325 e. The van der Waals surface area contributed by atoms with Crippen LogP contribution in [0.5, 0.6) is 0 Å². The third kappa shape index (κ3) is 1.37. The van der Waals surface area contributed by atoms with Crippen molar-refractivity contribution in [2.24, 2.45) is 11.7 Å². The average Bonchev–Trinajstić information content (AvgIpc) is 2.43. The molecular formula is C9H15N3. The number of rotatable bonds is 3. The van der Waals surface area contributed by atoms with Gasteiger partial charge in [0.1, 0.15) is 0 Å². The van der Waals surface area contributed by atoms with Crippen molar-refractivity contribution in [3.63, 3.8) is 0 Å². The van der Waals surface area contributed by atoms with Crippen molar-refractivity contribution in [3.8, 4) is 0 Å². The summed E-state index contributed by atoms with van der Waals surface area (Å²) in [6.07, 6.45) is 7.26. The van der Waals surface area contributed by atoms with Crippen LogP contribution in [0.3, 0.4) is 0 Å². The summed E-state index contributed by atoms with van der Waals surface area (Å²) in [5, 5.41) is 6.93. The van der Waals surface area contributed by atoms with Crippen LogP contribution in [-0.4, -0.2) is 10.2 Å². The van der Waals surface area contributed by atoms with E-state index in [0.717, 1.165) is 11.6 Å². The van der Waals surface area contributed by atoms with E-state index in [4.69, 9.17) is 5.73 Å². The van der Waals surface area contributed by atoms with Gasteiger partial charge in [0.2, 0.25) is 0 Å². The highest BCUT2D eigenvalue weighted by Crippen LogP contribution is 2.30. The van der Waals surface area contributed by atoms with Crippen molar-refractivity contribution in [1.29, 1.82) is 0 Å². The van der Waals surface area contributed by atoms with Gasteiger partial charge < -0.3 is 5.73 Å². The topological polar surface area (TPSA) is 54.7 Å². The first kappa shape index (κ1) is 7.80. The van der Waals surface area contributed by atoms with Crippen LogP contribution in [0, 0.1) is 5.92 Å². The van der Waals surface area contributed by atoms with Gasteiger partial charge in [-0.15, -0.1) is 0 Å². The molecule has 3 nitrogen and oxygen atoms in total. The Kier molecular flexibility index (Phi) is 2.13. The van der Waals surface area contributed by atoms with Gasteiger partial charge in [-0.05, 0) is 17.9 Å². The minimum Gasteiger partial charge on any atom is -0.325 e. The standard InChI is InChI=1S/C9H15N3/c10-5-9-8(6-11-12-9)4-7-2-1-3-7/h6-7H,1-5,10H2,(H,11,12). The molecule has 12 heavy (non-hydrogen) atoms. The average molecular weight is 165 g/mol. The normalized spacial score (nSPS) is 17.8. The fourth-order valence-electron chi connectivity index (χ4n) is 1.70. The van der Waals surface area contributed by atoms with E-state index in [-0.39, 0.29) is 0 Å². The van der Waals surface area contributed by atoms with Crippen molar-refractivity contribution in [1.82, 2.24) is 10.2 Å². The molecule has 0 unspecified atom stereocenters. The highest BCUT2D eigenvalue weighted by atomic mass is 15.1. The molecular weight excluding hydrogens is 150 g/mol. The highest BCUT2D eigenvalue weighted by Gasteiger charge is 2.19. The summed E-state index contributed by atoms with van der Waals surface area (Å²) >= 11 is 0. The molecule has 66 valence electrons. The van der Waals surface area contributed by atoms with Gasteiger partial charge in [-0.25, -0.2) is 0 Å². The first-order valence-electron chi connectivity index (χ1n) is 4.61. The van der Waals surface area contributed by atoms with Crippen LogP contribution in [0.2, 0.25) is 0 Å². The Morgan fingerprint density at radius 2 is 2.42 bits per heavy atom. The second-order valence-corrected chi connectivity index (χ2v) is 3.58. The molecule has 1 aromatic heterocycles. The monoisotopic (exact) mass is 165 g/mol. The van der Waals surface area contributed by atoms with Crippen molar-refractivity contribution in [3.05, 3.63) is 17.5 Å². The molecule has 3 heteroatoms. The Morgan fingerprint density at radius 3 is 3.00 bits per heavy atom. The lowest BCUT2D eigenvalue weighted by Crippen LogP contribution is -2.14. The molecule has 3 N–H and O–H groups in total. The SMILES string of the molecule is NCc1[nH]ncc1CC1CCC1. The summed E-state index contributed by atoms with van der Waals surface area (Å²) in [5.74, 6) is 0.896. The lowest BCUT2D eigenvalue weighted by molar-refractivity contribution is 0.314. The number of hydrogen-bond acceptors (Lipinski definition) is 2. The number of nitrogens with one attached hydrogen (secondary N) is 1. The highest BCUT2D eigenvalue weighted by molar-refractivity contribution is 5.17. The minimum atomic E-state index is 0.585. The summed E-state index contributed by atoms with van der Waals surface area (Å²) < 4.78 is 0. The molecule has 0 atom stereocenters. The maximum atomic E-state index is 5.56. The van der Waals surface area contributed by atoms with E-state index in [0.29, 0.717) is 6.54 Å². The quantitative estimate of drug-likeness (QED) is 0.707. The summed E-state index contributed by atoms with van der Waals surface area (Å²) in [7, 11) is 0. The molecule has 0 saturated heterocycles. The van der Waals surface area contributed by atoms with Crippen LogP contribution in [-0.2, 0) is 13.0 Å². The van der Waals surface area contributed by atoms with E-state index in [1.54, 1.807) is 0 Å². The van der Waals surface area contributed by atoms with E-state index in [2.05, 4.69) is 10.2 Å². The molecule has 1 aromatic rings. The van der Waals surface area contributed by atoms with Crippen molar-refractivity contribution >= 4 is 0 Å². The van der Waals surface area contributed by atoms with Gasteiger partial charge in [0.05, 0.1) is 11.9 Å². The number of aromatic nitrogens is 2. The zero-order chi connectivity index (χ0) is 8.39. The molecule has 0 aliphatic heterocycles. The predicted molar refractivity (Wildman–Crippen MR) is 47.5 cm³/mol. The van der Waals surface area contributed by atoms with E-state index >= 15 is 0 Å². The predicted octanol–water partition coefficient (Wildman–Crippen LogP) is 1.21. The molecule has 1 heterocycles. The second-order valence-electron chi connectivity index (χ2n) is 3.58. The maximum absolute atomic E-state index is 5.56. The molecule has 0 aromatic carbocycles. The van der Waals surface area contributed by atoms with Gasteiger partial charge in [0.25, 0.3) is 0 Å².